The standard InChI is InChI=1S/C14H12F3N3O/c1-20-9-8-12(19-20)18-13(21)7-4-10-2-5-11(6-3-10)14(15,16)17/h2-9H,1H3,(H,18,19,21). The Labute approximate surface area is 118 Å². The molecule has 0 saturated carbocycles. The first-order chi connectivity index (χ1) is 9.84. The van der Waals surface area contributed by atoms with E-state index in [-0.39, 0.29) is 0 Å². The van der Waals surface area contributed by atoms with Crippen molar-refractivity contribution in [3.8, 4) is 0 Å². The molecule has 4 nitrogen and oxygen atoms in total. The minimum atomic E-state index is -4.36. The summed E-state index contributed by atoms with van der Waals surface area (Å²) in [6, 6.07) is 6.16. The van der Waals surface area contributed by atoms with E-state index in [1.807, 2.05) is 0 Å². The maximum atomic E-state index is 12.4. The highest BCUT2D eigenvalue weighted by Crippen LogP contribution is 2.29. The average molecular weight is 295 g/mol. The van der Waals surface area contributed by atoms with Gasteiger partial charge < -0.3 is 5.32 Å². The van der Waals surface area contributed by atoms with Crippen LogP contribution in [0, 0.1) is 0 Å². The smallest absolute Gasteiger partial charge is 0.306 e. The number of nitrogens with zero attached hydrogens (tertiary/aromatic N) is 2. The van der Waals surface area contributed by atoms with Crippen LogP contribution in [0.15, 0.2) is 42.6 Å². The topological polar surface area (TPSA) is 46.9 Å². The molecule has 0 atom stereocenters. The summed E-state index contributed by atoms with van der Waals surface area (Å²) in [5, 5.41) is 6.50. The van der Waals surface area contributed by atoms with Gasteiger partial charge in [0.25, 0.3) is 0 Å². The van der Waals surface area contributed by atoms with Crippen molar-refractivity contribution in [2.75, 3.05) is 5.32 Å². The van der Waals surface area contributed by atoms with Crippen LogP contribution >= 0.6 is 0 Å². The molecule has 0 saturated heterocycles. The lowest BCUT2D eigenvalue weighted by Crippen LogP contribution is -2.08. The van der Waals surface area contributed by atoms with E-state index in [4.69, 9.17) is 0 Å². The highest BCUT2D eigenvalue weighted by atomic mass is 19.4. The number of amides is 1. The summed E-state index contributed by atoms with van der Waals surface area (Å²) >= 11 is 0. The Balaban J connectivity index is 1.99. The summed E-state index contributed by atoms with van der Waals surface area (Å²) in [5.74, 6) is -0.00633. The molecule has 0 fully saturated rings. The lowest BCUT2D eigenvalue weighted by atomic mass is 10.1. The van der Waals surface area contributed by atoms with E-state index in [1.165, 1.54) is 29.0 Å². The summed E-state index contributed by atoms with van der Waals surface area (Å²) in [5.41, 5.74) is -0.225. The third-order valence-corrected chi connectivity index (χ3v) is 2.63. The average Bonchev–Trinajstić information content (AvgIpc) is 2.81. The van der Waals surface area contributed by atoms with Crippen LogP contribution < -0.4 is 5.32 Å². The number of aryl methyl sites for hydroxylation is 1. The lowest BCUT2D eigenvalue weighted by Gasteiger charge is -2.05. The van der Waals surface area contributed by atoms with Crippen molar-refractivity contribution in [3.05, 3.63) is 53.7 Å². The first-order valence-electron chi connectivity index (χ1n) is 6.00. The number of hydrogen-bond donors (Lipinski definition) is 1. The molecule has 110 valence electrons. The molecule has 1 heterocycles. The molecule has 0 aliphatic rings. The second-order valence-corrected chi connectivity index (χ2v) is 4.32. The van der Waals surface area contributed by atoms with Gasteiger partial charge in [0.05, 0.1) is 5.56 Å². The van der Waals surface area contributed by atoms with Gasteiger partial charge in [-0.25, -0.2) is 0 Å². The Hall–Kier alpha value is -2.57. The van der Waals surface area contributed by atoms with Crippen LogP contribution in [0.1, 0.15) is 11.1 Å². The van der Waals surface area contributed by atoms with Crippen LogP contribution in [-0.2, 0) is 18.0 Å². The molecule has 1 N–H and O–H groups in total. The minimum Gasteiger partial charge on any atom is -0.306 e. The number of carbonyl (C=O) groups is 1. The van der Waals surface area contributed by atoms with Crippen molar-refractivity contribution >= 4 is 17.8 Å². The first kappa shape index (κ1) is 14.8. The molecule has 0 radical (unpaired) electrons. The second-order valence-electron chi connectivity index (χ2n) is 4.32. The fourth-order valence-corrected chi connectivity index (χ4v) is 1.60. The molecule has 7 heteroatoms. The maximum Gasteiger partial charge on any atom is 0.416 e. The largest absolute Gasteiger partial charge is 0.416 e. The molecule has 2 rings (SSSR count). The molecular weight excluding hydrogens is 283 g/mol. The molecule has 1 amide bonds. The molecule has 0 aliphatic heterocycles. The highest BCUT2D eigenvalue weighted by Gasteiger charge is 2.29. The second kappa shape index (κ2) is 5.82. The van der Waals surface area contributed by atoms with Gasteiger partial charge in [-0.05, 0) is 23.8 Å². The number of hydrogen-bond acceptors (Lipinski definition) is 2. The van der Waals surface area contributed by atoms with E-state index in [1.54, 1.807) is 19.3 Å². The van der Waals surface area contributed by atoms with E-state index < -0.39 is 17.6 Å². The van der Waals surface area contributed by atoms with Gasteiger partial charge in [0.2, 0.25) is 5.91 Å². The molecule has 0 aliphatic carbocycles. The Kier molecular flexibility index (Phi) is 4.11. The predicted octanol–water partition coefficient (Wildman–Crippen LogP) is 3.09. The van der Waals surface area contributed by atoms with Crippen molar-refractivity contribution in [1.82, 2.24) is 9.78 Å². The van der Waals surface area contributed by atoms with E-state index in [9.17, 15) is 18.0 Å². The van der Waals surface area contributed by atoms with Crippen LogP contribution in [-0.4, -0.2) is 15.7 Å². The van der Waals surface area contributed by atoms with Gasteiger partial charge in [-0.3, -0.25) is 9.48 Å². The number of halogens is 3. The van der Waals surface area contributed by atoms with E-state index in [2.05, 4.69) is 10.4 Å². The Morgan fingerprint density at radius 1 is 1.24 bits per heavy atom. The van der Waals surface area contributed by atoms with Gasteiger partial charge in [0, 0.05) is 25.4 Å². The van der Waals surface area contributed by atoms with E-state index in [0.29, 0.717) is 11.4 Å². The van der Waals surface area contributed by atoms with Crippen LogP contribution in [0.4, 0.5) is 19.0 Å². The van der Waals surface area contributed by atoms with Crippen molar-refractivity contribution < 1.29 is 18.0 Å². The minimum absolute atomic E-state index is 0.402. The van der Waals surface area contributed by atoms with Crippen molar-refractivity contribution in [3.63, 3.8) is 0 Å². The first-order valence-corrected chi connectivity index (χ1v) is 6.00. The maximum absolute atomic E-state index is 12.4. The SMILES string of the molecule is Cn1ccc(NC(=O)C=Cc2ccc(C(F)(F)F)cc2)n1. The van der Waals surface area contributed by atoms with Gasteiger partial charge in [-0.1, -0.05) is 12.1 Å². The number of anilines is 1. The van der Waals surface area contributed by atoms with Crippen LogP contribution in [0.5, 0.6) is 0 Å². The van der Waals surface area contributed by atoms with Gasteiger partial charge in [-0.2, -0.15) is 18.3 Å². The number of rotatable bonds is 3. The van der Waals surface area contributed by atoms with Crippen LogP contribution in [0.3, 0.4) is 0 Å². The zero-order valence-corrected chi connectivity index (χ0v) is 11.1. The normalized spacial score (nSPS) is 11.8. The van der Waals surface area contributed by atoms with E-state index >= 15 is 0 Å². The predicted molar refractivity (Wildman–Crippen MR) is 72.3 cm³/mol. The zero-order chi connectivity index (χ0) is 15.5. The molecule has 0 unspecified atom stereocenters. The van der Waals surface area contributed by atoms with Crippen LogP contribution in [0.2, 0.25) is 0 Å². The number of nitrogens with one attached hydrogen (secondary N) is 1. The number of carbonyl (C=O) groups excluding carboxylic acids is 1. The van der Waals surface area contributed by atoms with Gasteiger partial charge >= 0.3 is 6.18 Å². The van der Waals surface area contributed by atoms with E-state index in [0.717, 1.165) is 12.1 Å². The van der Waals surface area contributed by atoms with Crippen molar-refractivity contribution in [1.29, 1.82) is 0 Å². The Bertz CT molecular complexity index is 657. The molecular formula is C14H12F3N3O. The fraction of sp³-hybridized carbons (Fsp3) is 0.143. The summed E-state index contributed by atoms with van der Waals surface area (Å²) in [6.45, 7) is 0. The van der Waals surface area contributed by atoms with Gasteiger partial charge in [0.15, 0.2) is 5.82 Å². The van der Waals surface area contributed by atoms with Crippen molar-refractivity contribution in [2.45, 2.75) is 6.18 Å². The molecule has 1 aromatic carbocycles. The molecule has 1 aromatic heterocycles. The molecule has 2 aromatic rings. The van der Waals surface area contributed by atoms with Gasteiger partial charge in [-0.15, -0.1) is 0 Å². The molecule has 0 spiro atoms. The number of aromatic nitrogens is 2. The fourth-order valence-electron chi connectivity index (χ4n) is 1.60. The summed E-state index contributed by atoms with van der Waals surface area (Å²) in [6.07, 6.45) is -0.0243. The monoisotopic (exact) mass is 295 g/mol. The molecule has 0 bridgehead atoms. The third kappa shape index (κ3) is 4.20. The Morgan fingerprint density at radius 3 is 2.43 bits per heavy atom. The number of benzene rings is 1. The summed E-state index contributed by atoms with van der Waals surface area (Å²) in [7, 11) is 1.72. The lowest BCUT2D eigenvalue weighted by molar-refractivity contribution is -0.137. The summed E-state index contributed by atoms with van der Waals surface area (Å²) < 4.78 is 38.7. The zero-order valence-electron chi connectivity index (χ0n) is 11.1. The molecule has 21 heavy (non-hydrogen) atoms. The Morgan fingerprint density at radius 2 is 1.90 bits per heavy atom. The van der Waals surface area contributed by atoms with Gasteiger partial charge in [0.1, 0.15) is 0 Å². The van der Waals surface area contributed by atoms with Crippen molar-refractivity contribution in [2.24, 2.45) is 7.05 Å². The van der Waals surface area contributed by atoms with Crippen LogP contribution in [0.25, 0.3) is 6.08 Å². The number of alkyl halides is 3. The highest BCUT2D eigenvalue weighted by molar-refractivity contribution is 6.01. The third-order valence-electron chi connectivity index (χ3n) is 2.63. The quantitative estimate of drug-likeness (QED) is 0.885. The summed E-state index contributed by atoms with van der Waals surface area (Å²) in [4.78, 5) is 11.6.